The van der Waals surface area contributed by atoms with Gasteiger partial charge in [0.15, 0.2) is 9.84 Å². The van der Waals surface area contributed by atoms with Crippen LogP contribution in [0.1, 0.15) is 29.6 Å². The number of hydrogen-bond donors (Lipinski definition) is 0. The first-order valence-electron chi connectivity index (χ1n) is 10.2. The minimum Gasteiger partial charge on any atom is -0.300 e. The van der Waals surface area contributed by atoms with Crippen molar-refractivity contribution in [2.24, 2.45) is 0 Å². The maximum absolute atomic E-state index is 13.3. The Hall–Kier alpha value is -2.49. The third kappa shape index (κ3) is 4.58. The molecule has 0 N–H and O–H groups in total. The van der Waals surface area contributed by atoms with Crippen LogP contribution in [0.2, 0.25) is 0 Å². The second-order valence-corrected chi connectivity index (χ2v) is 11.6. The number of hydrogen-bond acceptors (Lipinski definition) is 5. The van der Waals surface area contributed by atoms with Crippen molar-refractivity contribution in [2.45, 2.75) is 30.2 Å². The van der Waals surface area contributed by atoms with Crippen molar-refractivity contribution in [3.8, 4) is 0 Å². The first-order chi connectivity index (χ1) is 14.8. The zero-order chi connectivity index (χ0) is 22.1. The summed E-state index contributed by atoms with van der Waals surface area (Å²) in [5, 5.41) is 1.13. The first kappa shape index (κ1) is 21.7. The van der Waals surface area contributed by atoms with Crippen LogP contribution in [0, 0.1) is 0 Å². The van der Waals surface area contributed by atoms with Crippen LogP contribution in [0.4, 0.5) is 5.69 Å². The fourth-order valence-electron chi connectivity index (χ4n) is 3.93. The van der Waals surface area contributed by atoms with Crippen LogP contribution >= 0.6 is 0 Å². The number of sulfonamides is 1. The van der Waals surface area contributed by atoms with Crippen molar-refractivity contribution in [3.63, 3.8) is 0 Å². The number of amides is 1. The van der Waals surface area contributed by atoms with E-state index in [9.17, 15) is 21.6 Å². The lowest BCUT2D eigenvalue weighted by molar-refractivity contribution is 0.0983. The quantitative estimate of drug-likeness (QED) is 0.684. The van der Waals surface area contributed by atoms with Gasteiger partial charge in [-0.2, -0.15) is 4.31 Å². The first-order valence-corrected chi connectivity index (χ1v) is 13.3. The Kier molecular flexibility index (Phi) is 6.00. The molecule has 9 heteroatoms. The molecule has 1 fully saturated rings. The Balaban J connectivity index is 1.63. The largest absolute Gasteiger partial charge is 0.300 e. The number of piperidine rings is 1. The summed E-state index contributed by atoms with van der Waals surface area (Å²) in [6.07, 6.45) is 4.23. The fraction of sp³-hybridized carbons (Fsp3) is 0.318. The molecule has 1 saturated heterocycles. The van der Waals surface area contributed by atoms with Crippen molar-refractivity contribution < 1.29 is 21.6 Å². The normalized spacial score (nSPS) is 21.1. The van der Waals surface area contributed by atoms with Crippen LogP contribution in [0.5, 0.6) is 0 Å². The van der Waals surface area contributed by atoms with Gasteiger partial charge in [-0.1, -0.05) is 24.6 Å². The molecule has 1 atom stereocenters. The predicted molar refractivity (Wildman–Crippen MR) is 119 cm³/mol. The molecular formula is C22H24N2O5S2. The molecule has 0 aliphatic carbocycles. The van der Waals surface area contributed by atoms with E-state index < -0.39 is 25.9 Å². The molecule has 0 unspecified atom stereocenters. The molecule has 0 radical (unpaired) electrons. The molecule has 2 aliphatic heterocycles. The zero-order valence-electron chi connectivity index (χ0n) is 16.9. The molecule has 0 saturated carbocycles. The molecule has 2 heterocycles. The Morgan fingerprint density at radius 2 is 1.58 bits per heavy atom. The Morgan fingerprint density at radius 1 is 0.935 bits per heavy atom. The van der Waals surface area contributed by atoms with Crippen LogP contribution in [-0.2, 0) is 19.9 Å². The standard InChI is InChI=1S/C22H24N2O5S2/c25-22(24(19-7-3-1-4-8-19)20-13-16-30(26,27)17-20)18-9-11-21(12-10-18)31(28,29)23-14-5-2-6-15-23/h1,3-4,7-13,16,20H,2,5-6,14-15,17H2/t20-/m1/s1. The van der Waals surface area contributed by atoms with Gasteiger partial charge in [0.2, 0.25) is 10.0 Å². The summed E-state index contributed by atoms with van der Waals surface area (Å²) in [7, 11) is -6.95. The molecular weight excluding hydrogens is 436 g/mol. The van der Waals surface area contributed by atoms with Crippen molar-refractivity contribution >= 4 is 31.5 Å². The van der Waals surface area contributed by atoms with Gasteiger partial charge in [-0.3, -0.25) is 4.79 Å². The third-order valence-corrected chi connectivity index (χ3v) is 8.84. The van der Waals surface area contributed by atoms with E-state index in [-0.39, 0.29) is 16.6 Å². The van der Waals surface area contributed by atoms with Gasteiger partial charge in [0.05, 0.1) is 16.7 Å². The number of carbonyl (C=O) groups excluding carboxylic acids is 1. The maximum Gasteiger partial charge on any atom is 0.258 e. The Bertz CT molecular complexity index is 1180. The average molecular weight is 461 g/mol. The van der Waals surface area contributed by atoms with E-state index in [0.717, 1.165) is 24.7 Å². The molecule has 0 spiro atoms. The van der Waals surface area contributed by atoms with Gasteiger partial charge in [-0.15, -0.1) is 0 Å². The molecule has 1 amide bonds. The molecule has 2 aromatic carbocycles. The van der Waals surface area contributed by atoms with Crippen LogP contribution in [0.3, 0.4) is 0 Å². The second-order valence-electron chi connectivity index (χ2n) is 7.73. The SMILES string of the molecule is O=C(c1ccc(S(=O)(=O)N2CCCCC2)cc1)N(c1ccccc1)[C@@H]1C=CS(=O)(=O)C1. The lowest BCUT2D eigenvalue weighted by atomic mass is 10.1. The summed E-state index contributed by atoms with van der Waals surface area (Å²) in [5.74, 6) is -0.574. The molecule has 2 aromatic rings. The lowest BCUT2D eigenvalue weighted by Crippen LogP contribution is -2.41. The number of carbonyl (C=O) groups is 1. The Labute approximate surface area is 183 Å². The fourth-order valence-corrected chi connectivity index (χ4v) is 6.72. The highest BCUT2D eigenvalue weighted by atomic mass is 32.2. The molecule has 31 heavy (non-hydrogen) atoms. The van der Waals surface area contributed by atoms with E-state index in [4.69, 9.17) is 0 Å². The van der Waals surface area contributed by atoms with E-state index in [1.54, 1.807) is 24.3 Å². The molecule has 0 aromatic heterocycles. The summed E-state index contributed by atoms with van der Waals surface area (Å²) in [4.78, 5) is 14.9. The third-order valence-electron chi connectivity index (χ3n) is 5.55. The van der Waals surface area contributed by atoms with Gasteiger partial charge in [-0.25, -0.2) is 16.8 Å². The highest BCUT2D eigenvalue weighted by molar-refractivity contribution is 7.94. The predicted octanol–water partition coefficient (Wildman–Crippen LogP) is 2.82. The van der Waals surface area contributed by atoms with Gasteiger partial charge in [-0.05, 0) is 55.3 Å². The van der Waals surface area contributed by atoms with E-state index >= 15 is 0 Å². The minimum absolute atomic E-state index is 0.153. The van der Waals surface area contributed by atoms with Crippen molar-refractivity contribution in [3.05, 3.63) is 71.6 Å². The summed E-state index contributed by atoms with van der Waals surface area (Å²) in [6, 6.07) is 14.1. The maximum atomic E-state index is 13.3. The summed E-state index contributed by atoms with van der Waals surface area (Å²) >= 11 is 0. The summed E-state index contributed by atoms with van der Waals surface area (Å²) in [5.41, 5.74) is 0.864. The zero-order valence-corrected chi connectivity index (χ0v) is 18.6. The monoisotopic (exact) mass is 460 g/mol. The second kappa shape index (κ2) is 8.57. The number of anilines is 1. The number of nitrogens with zero attached hydrogens (tertiary/aromatic N) is 2. The summed E-state index contributed by atoms with van der Waals surface area (Å²) in [6.45, 7) is 1.01. The van der Waals surface area contributed by atoms with Crippen molar-refractivity contribution in [2.75, 3.05) is 23.7 Å². The van der Waals surface area contributed by atoms with Crippen LogP contribution in [0.25, 0.3) is 0 Å². The number of sulfone groups is 1. The number of rotatable bonds is 5. The topological polar surface area (TPSA) is 91.8 Å². The van der Waals surface area contributed by atoms with E-state index in [1.165, 1.54) is 39.5 Å². The molecule has 0 bridgehead atoms. The van der Waals surface area contributed by atoms with Gasteiger partial charge in [0, 0.05) is 29.7 Å². The van der Waals surface area contributed by atoms with Gasteiger partial charge >= 0.3 is 0 Å². The molecule has 7 nitrogen and oxygen atoms in total. The van der Waals surface area contributed by atoms with E-state index in [1.807, 2.05) is 6.07 Å². The highest BCUT2D eigenvalue weighted by Crippen LogP contribution is 2.26. The smallest absolute Gasteiger partial charge is 0.258 e. The Morgan fingerprint density at radius 3 is 2.16 bits per heavy atom. The van der Waals surface area contributed by atoms with Gasteiger partial charge in [0.25, 0.3) is 5.91 Å². The number of para-hydroxylation sites is 1. The molecule has 4 rings (SSSR count). The van der Waals surface area contributed by atoms with E-state index in [2.05, 4.69) is 0 Å². The minimum atomic E-state index is -3.59. The van der Waals surface area contributed by atoms with Crippen molar-refractivity contribution in [1.29, 1.82) is 0 Å². The van der Waals surface area contributed by atoms with Crippen LogP contribution in [0.15, 0.2) is 71.0 Å². The number of benzene rings is 2. The lowest BCUT2D eigenvalue weighted by Gasteiger charge is -2.28. The highest BCUT2D eigenvalue weighted by Gasteiger charge is 2.32. The van der Waals surface area contributed by atoms with Gasteiger partial charge in [0.1, 0.15) is 0 Å². The van der Waals surface area contributed by atoms with Gasteiger partial charge < -0.3 is 4.90 Å². The molecule has 2 aliphatic rings. The van der Waals surface area contributed by atoms with Crippen LogP contribution in [-0.4, -0.2) is 51.9 Å². The summed E-state index contributed by atoms with van der Waals surface area (Å²) < 4.78 is 51.1. The van der Waals surface area contributed by atoms with Crippen LogP contribution < -0.4 is 4.90 Å². The van der Waals surface area contributed by atoms with Crippen molar-refractivity contribution in [1.82, 2.24) is 4.31 Å². The van der Waals surface area contributed by atoms with E-state index in [0.29, 0.717) is 24.3 Å². The average Bonchev–Trinajstić information content (AvgIpc) is 3.14. The molecule has 164 valence electrons.